The highest BCUT2D eigenvalue weighted by molar-refractivity contribution is 7.91. The van der Waals surface area contributed by atoms with Crippen molar-refractivity contribution in [1.29, 1.82) is 0 Å². The minimum Gasteiger partial charge on any atom is -1.00 e. The van der Waals surface area contributed by atoms with Crippen LogP contribution >= 0.6 is 0 Å². The minimum atomic E-state index is -1.05. The summed E-state index contributed by atoms with van der Waals surface area (Å²) in [5, 5.41) is 0. The first-order valence-electron chi connectivity index (χ1n) is 17.4. The van der Waals surface area contributed by atoms with Gasteiger partial charge in [-0.05, 0) is 23.7 Å². The third-order valence-electron chi connectivity index (χ3n) is 8.51. The molecular weight excluding hydrogens is 582 g/mol. The van der Waals surface area contributed by atoms with Crippen molar-refractivity contribution in [2.24, 2.45) is 0 Å². The van der Waals surface area contributed by atoms with Crippen molar-refractivity contribution in [3.05, 3.63) is 18.5 Å². The molecule has 1 aliphatic heterocycles. The van der Waals surface area contributed by atoms with E-state index in [0.717, 1.165) is 24.1 Å². The first kappa shape index (κ1) is 40.4. The SMILES string of the molecule is CCCCCCCCCCCCCCCCCCOCC(C[S+]([O-])CCOCC[N+]1(C)CCCC1)Oc1ncccn1.[Cl-]. The van der Waals surface area contributed by atoms with Crippen molar-refractivity contribution in [3.63, 3.8) is 0 Å². The lowest BCUT2D eigenvalue weighted by Gasteiger charge is -2.28. The van der Waals surface area contributed by atoms with Crippen LogP contribution in [0.3, 0.4) is 0 Å². The van der Waals surface area contributed by atoms with Crippen LogP contribution in [0.1, 0.15) is 122 Å². The highest BCUT2D eigenvalue weighted by Crippen LogP contribution is 2.16. The largest absolute Gasteiger partial charge is 1.00 e. The second-order valence-corrected chi connectivity index (χ2v) is 14.2. The van der Waals surface area contributed by atoms with Crippen LogP contribution in [-0.4, -0.2) is 89.7 Å². The van der Waals surface area contributed by atoms with Gasteiger partial charge in [0.25, 0.3) is 0 Å². The first-order chi connectivity index (χ1) is 20.6. The van der Waals surface area contributed by atoms with Crippen molar-refractivity contribution in [2.45, 2.75) is 129 Å². The Bertz CT molecular complexity index is 731. The number of halogens is 1. The molecule has 7 nitrogen and oxygen atoms in total. The van der Waals surface area contributed by atoms with E-state index in [-0.39, 0.29) is 18.5 Å². The van der Waals surface area contributed by atoms with Gasteiger partial charge in [-0.25, -0.2) is 9.97 Å². The standard InChI is InChI=1S/C34H64N3O4S.ClH/c1-3-4-5-6-7-8-9-10-11-12-13-14-15-16-17-20-27-40-31-33(41-34-35-22-21-23-36-34)32-42(38)30-29-39-28-26-37(2)24-18-19-25-37;/h21-23,33H,3-20,24-32H2,1-2H3;1H/q+1;/p-1. The molecule has 0 radical (unpaired) electrons. The molecule has 1 saturated heterocycles. The van der Waals surface area contributed by atoms with E-state index in [1.165, 1.54) is 122 Å². The van der Waals surface area contributed by atoms with E-state index in [1.807, 2.05) is 0 Å². The predicted octanol–water partition coefficient (Wildman–Crippen LogP) is 4.51. The van der Waals surface area contributed by atoms with Crippen LogP contribution in [-0.2, 0) is 20.6 Å². The van der Waals surface area contributed by atoms with E-state index in [0.29, 0.717) is 37.3 Å². The average Bonchev–Trinajstić information content (AvgIpc) is 3.43. The molecule has 43 heavy (non-hydrogen) atoms. The molecule has 0 aromatic carbocycles. The molecule has 9 heteroatoms. The summed E-state index contributed by atoms with van der Waals surface area (Å²) >= 11 is -1.05. The van der Waals surface area contributed by atoms with Crippen LogP contribution in [0.2, 0.25) is 0 Å². The van der Waals surface area contributed by atoms with Crippen molar-refractivity contribution in [2.75, 3.05) is 64.6 Å². The number of likely N-dealkylation sites (tertiary alicyclic amines) is 1. The molecule has 2 atom stereocenters. The second kappa shape index (κ2) is 27.7. The van der Waals surface area contributed by atoms with E-state index in [4.69, 9.17) is 14.2 Å². The summed E-state index contributed by atoms with van der Waals surface area (Å²) in [7, 11) is 2.31. The lowest BCUT2D eigenvalue weighted by atomic mass is 10.0. The van der Waals surface area contributed by atoms with Crippen LogP contribution in [0.25, 0.3) is 0 Å². The van der Waals surface area contributed by atoms with Gasteiger partial charge in [-0.3, -0.25) is 0 Å². The number of rotatable bonds is 29. The van der Waals surface area contributed by atoms with Crippen molar-refractivity contribution < 1.29 is 35.7 Å². The van der Waals surface area contributed by atoms with Gasteiger partial charge in [-0.1, -0.05) is 103 Å². The highest BCUT2D eigenvalue weighted by Gasteiger charge is 2.26. The molecule has 1 aromatic heterocycles. The molecule has 2 rings (SSSR count). The number of likely N-dealkylation sites (N-methyl/N-ethyl adjacent to an activating group) is 1. The van der Waals surface area contributed by atoms with Gasteiger partial charge in [0.2, 0.25) is 0 Å². The van der Waals surface area contributed by atoms with Gasteiger partial charge < -0.3 is 35.7 Å². The summed E-state index contributed by atoms with van der Waals surface area (Å²) in [6.07, 6.45) is 27.4. The van der Waals surface area contributed by atoms with E-state index in [9.17, 15) is 4.55 Å². The number of ether oxygens (including phenoxy) is 3. The molecule has 2 unspecified atom stereocenters. The summed E-state index contributed by atoms with van der Waals surface area (Å²) in [6.45, 7) is 8.17. The number of quaternary nitrogens is 1. The topological polar surface area (TPSA) is 76.5 Å². The van der Waals surface area contributed by atoms with Gasteiger partial charge in [0.15, 0.2) is 6.10 Å². The van der Waals surface area contributed by atoms with Gasteiger partial charge in [0, 0.05) is 31.8 Å². The Balaban J connectivity index is 0.00000924. The molecule has 0 spiro atoms. The summed E-state index contributed by atoms with van der Waals surface area (Å²) < 4.78 is 31.6. The van der Waals surface area contributed by atoms with E-state index < -0.39 is 11.2 Å². The van der Waals surface area contributed by atoms with Crippen LogP contribution < -0.4 is 17.1 Å². The van der Waals surface area contributed by atoms with Crippen LogP contribution in [0.15, 0.2) is 18.5 Å². The van der Waals surface area contributed by atoms with Crippen molar-refractivity contribution in [3.8, 4) is 6.01 Å². The van der Waals surface area contributed by atoms with Gasteiger partial charge in [0.1, 0.15) is 18.1 Å². The molecule has 0 saturated carbocycles. The Morgan fingerprint density at radius 2 is 1.30 bits per heavy atom. The maximum atomic E-state index is 12.8. The van der Waals surface area contributed by atoms with Gasteiger partial charge in [-0.15, -0.1) is 0 Å². The molecule has 1 aromatic rings. The molecule has 0 amide bonds. The molecule has 0 aliphatic carbocycles. The second-order valence-electron chi connectivity index (χ2n) is 12.6. The maximum absolute atomic E-state index is 12.8. The predicted molar refractivity (Wildman–Crippen MR) is 176 cm³/mol. The Kier molecular flexibility index (Phi) is 26.0. The van der Waals surface area contributed by atoms with Crippen molar-refractivity contribution >= 4 is 11.2 Å². The number of hydrogen-bond donors (Lipinski definition) is 0. The molecule has 1 fully saturated rings. The quantitative estimate of drug-likeness (QED) is 0.0725. The van der Waals surface area contributed by atoms with Crippen molar-refractivity contribution in [1.82, 2.24) is 9.97 Å². The Morgan fingerprint density at radius 3 is 1.86 bits per heavy atom. The molecular formula is C34H64ClN3O4S. The summed E-state index contributed by atoms with van der Waals surface area (Å²) in [5.41, 5.74) is 0. The van der Waals surface area contributed by atoms with E-state index in [2.05, 4.69) is 23.9 Å². The smallest absolute Gasteiger partial charge is 0.316 e. The number of unbranched alkanes of at least 4 members (excludes halogenated alkanes) is 15. The number of aromatic nitrogens is 2. The third kappa shape index (κ3) is 22.5. The average molecular weight is 646 g/mol. The van der Waals surface area contributed by atoms with Gasteiger partial charge in [-0.2, -0.15) is 0 Å². The van der Waals surface area contributed by atoms with E-state index >= 15 is 0 Å². The molecule has 252 valence electrons. The maximum Gasteiger partial charge on any atom is 0.316 e. The molecule has 2 heterocycles. The van der Waals surface area contributed by atoms with Gasteiger partial charge >= 0.3 is 6.01 Å². The Labute approximate surface area is 273 Å². The van der Waals surface area contributed by atoms with E-state index in [1.54, 1.807) is 18.5 Å². The normalized spacial score (nSPS) is 15.7. The molecule has 1 aliphatic rings. The van der Waals surface area contributed by atoms with Crippen LogP contribution in [0.5, 0.6) is 6.01 Å². The summed E-state index contributed by atoms with van der Waals surface area (Å²) in [5.74, 6) is 0.909. The summed E-state index contributed by atoms with van der Waals surface area (Å²) in [4.78, 5) is 8.34. The van der Waals surface area contributed by atoms with Crippen LogP contribution in [0.4, 0.5) is 0 Å². The third-order valence-corrected chi connectivity index (χ3v) is 9.87. The number of nitrogens with zero attached hydrogens (tertiary/aromatic N) is 3. The zero-order valence-corrected chi connectivity index (χ0v) is 29.2. The Morgan fingerprint density at radius 1 is 0.767 bits per heavy atom. The lowest BCUT2D eigenvalue weighted by Crippen LogP contribution is -3.00. The molecule has 0 N–H and O–H groups in total. The molecule has 0 bridgehead atoms. The number of hydrogen-bond acceptors (Lipinski definition) is 6. The minimum absolute atomic E-state index is 0. The highest BCUT2D eigenvalue weighted by atomic mass is 35.5. The Hall–Kier alpha value is -0.640. The zero-order chi connectivity index (χ0) is 30.0. The fourth-order valence-corrected chi connectivity index (χ4v) is 6.78. The fraction of sp³-hybridized carbons (Fsp3) is 0.882. The summed E-state index contributed by atoms with van der Waals surface area (Å²) in [6, 6.07) is 2.07. The van der Waals surface area contributed by atoms with Crippen LogP contribution in [0, 0.1) is 0 Å². The lowest BCUT2D eigenvalue weighted by molar-refractivity contribution is -0.898. The fourth-order valence-electron chi connectivity index (χ4n) is 5.73. The zero-order valence-electron chi connectivity index (χ0n) is 27.7. The first-order valence-corrected chi connectivity index (χ1v) is 18.9. The van der Waals surface area contributed by atoms with Gasteiger partial charge in [0.05, 0.1) is 40.0 Å². The monoisotopic (exact) mass is 645 g/mol.